The SMILES string of the molecule is O=P([O-])([O-])[O-].[OH][Ca+].[OH][Ca+].[OH][Ca+]. The van der Waals surface area contributed by atoms with Gasteiger partial charge in [0.2, 0.25) is 0 Å². The molecular weight excluding hydrogens is 263 g/mol. The summed E-state index contributed by atoms with van der Waals surface area (Å²) in [4.78, 5) is 25.6. The molecule has 0 aromatic rings. The third kappa shape index (κ3) is 134. The minimum absolute atomic E-state index is 0.375. The first-order valence-electron chi connectivity index (χ1n) is 1.68. The van der Waals surface area contributed by atoms with Gasteiger partial charge in [-0.3, -0.25) is 0 Å². The van der Waals surface area contributed by atoms with E-state index in [0.29, 0.717) is 109 Å². The van der Waals surface area contributed by atoms with Crippen LogP contribution in [-0.2, 0) is 4.57 Å². The van der Waals surface area contributed by atoms with E-state index in [1.54, 1.807) is 0 Å². The first-order valence-corrected chi connectivity index (χ1v) is 6.10. The van der Waals surface area contributed by atoms with Crippen LogP contribution in [0.4, 0.5) is 0 Å². The second kappa shape index (κ2) is 23.5. The molecule has 7 nitrogen and oxygen atoms in total. The Morgan fingerprint density at radius 1 is 0.818 bits per heavy atom. The molecule has 0 heterocycles. The van der Waals surface area contributed by atoms with Crippen molar-refractivity contribution in [3.8, 4) is 0 Å². The van der Waals surface area contributed by atoms with Gasteiger partial charge in [-0.05, 0) is 0 Å². The topological polar surface area (TPSA) is 147 Å². The van der Waals surface area contributed by atoms with Crippen molar-refractivity contribution in [2.45, 2.75) is 0 Å². The van der Waals surface area contributed by atoms with E-state index < -0.39 is 7.82 Å². The first kappa shape index (κ1) is 24.1. The van der Waals surface area contributed by atoms with Crippen LogP contribution in [0.2, 0.25) is 0 Å². The molecule has 0 saturated carbocycles. The van der Waals surface area contributed by atoms with Crippen LogP contribution in [0.15, 0.2) is 0 Å². The number of phosphoric acid groups is 1. The molecule has 0 atom stereocenters. The van der Waals surface area contributed by atoms with Gasteiger partial charge in [-0.15, -0.1) is 0 Å². The fourth-order valence-electron chi connectivity index (χ4n) is 0. The van der Waals surface area contributed by atoms with Gasteiger partial charge in [-0.1, -0.05) is 0 Å². The van der Waals surface area contributed by atoms with Gasteiger partial charge in [0.15, 0.2) is 0 Å². The van der Waals surface area contributed by atoms with E-state index in [2.05, 4.69) is 0 Å². The van der Waals surface area contributed by atoms with E-state index in [1.165, 1.54) is 0 Å². The van der Waals surface area contributed by atoms with E-state index in [0.717, 1.165) is 0 Å². The van der Waals surface area contributed by atoms with Gasteiger partial charge in [0.1, 0.15) is 0 Å². The van der Waals surface area contributed by atoms with Crippen LogP contribution in [0.5, 0.6) is 0 Å². The van der Waals surface area contributed by atoms with E-state index in [1.807, 2.05) is 0 Å². The summed E-state index contributed by atoms with van der Waals surface area (Å²) >= 11 is 1.12. The summed E-state index contributed by atoms with van der Waals surface area (Å²) in [5.74, 6) is 0. The van der Waals surface area contributed by atoms with Crippen LogP contribution in [-0.4, -0.2) is 114 Å². The van der Waals surface area contributed by atoms with E-state index >= 15 is 0 Å². The predicted octanol–water partition coefficient (Wildman–Crippen LogP) is -5.64. The van der Waals surface area contributed by atoms with Gasteiger partial charge < -0.3 is 19.2 Å². The molecule has 0 aromatic heterocycles. The monoisotopic (exact) mass is 266 g/mol. The zero-order valence-corrected chi connectivity index (χ0v) is 13.1. The quantitative estimate of drug-likeness (QED) is 0.292. The molecule has 0 bridgehead atoms. The first-order chi connectivity index (χ1) is 5.00. The Labute approximate surface area is 138 Å². The summed E-state index contributed by atoms with van der Waals surface area (Å²) in [6.07, 6.45) is 0. The maximum atomic E-state index is 8.55. The maximum absolute atomic E-state index is 8.55. The molecule has 0 amide bonds. The molecule has 3 N–H and O–H groups in total. The average molecular weight is 266 g/mol. The molecule has 0 rings (SSSR count). The normalized spacial score (nSPS) is 7.27. The summed E-state index contributed by atoms with van der Waals surface area (Å²) in [7, 11) is -5.39. The third-order valence-electron chi connectivity index (χ3n) is 0. The van der Waals surface area contributed by atoms with Crippen LogP contribution in [0.1, 0.15) is 0 Å². The van der Waals surface area contributed by atoms with Crippen molar-refractivity contribution < 1.29 is 24.7 Å². The molecule has 0 aliphatic carbocycles. The van der Waals surface area contributed by atoms with Crippen molar-refractivity contribution >= 4 is 117 Å². The van der Waals surface area contributed by atoms with E-state index in [9.17, 15) is 0 Å². The van der Waals surface area contributed by atoms with Crippen molar-refractivity contribution in [3.05, 3.63) is 0 Å². The zero-order chi connectivity index (χ0) is 10.5. The van der Waals surface area contributed by atoms with Crippen molar-refractivity contribution in [2.75, 3.05) is 0 Å². The number of hydrogen-bond donors (Lipinski definition) is 3. The Kier molecular flexibility index (Phi) is 51.6. The molecular formula is H3Ca3O7P. The van der Waals surface area contributed by atoms with Crippen molar-refractivity contribution in [1.29, 1.82) is 0 Å². The van der Waals surface area contributed by atoms with Crippen molar-refractivity contribution in [2.24, 2.45) is 0 Å². The predicted molar refractivity (Wildman–Crippen MR) is 31.5 cm³/mol. The fraction of sp³-hybridized carbons (Fsp3) is 0. The van der Waals surface area contributed by atoms with Gasteiger partial charge in [0.05, 0.1) is 0 Å². The number of hydrogen-bond acceptors (Lipinski definition) is 7. The molecule has 0 aliphatic rings. The Morgan fingerprint density at radius 3 is 0.818 bits per heavy atom. The summed E-state index contributed by atoms with van der Waals surface area (Å²) in [5, 5.41) is 0. The van der Waals surface area contributed by atoms with Crippen LogP contribution >= 0.6 is 7.82 Å². The second-order valence-corrected chi connectivity index (χ2v) is 1.34. The summed E-state index contributed by atoms with van der Waals surface area (Å²) < 4.78 is 29.9. The molecule has 0 fully saturated rings. The van der Waals surface area contributed by atoms with Crippen LogP contribution < -0.4 is 14.7 Å². The molecule has 0 radical (unpaired) electrons. The summed E-state index contributed by atoms with van der Waals surface area (Å²) in [5.41, 5.74) is 0. The molecule has 0 aromatic carbocycles. The Hall–Kier alpha value is 3.77. The van der Waals surface area contributed by atoms with E-state index in [4.69, 9.17) is 24.7 Å². The van der Waals surface area contributed by atoms with Crippen LogP contribution in [0.3, 0.4) is 0 Å². The van der Waals surface area contributed by atoms with Gasteiger partial charge in [0, 0.05) is 0 Å². The van der Waals surface area contributed by atoms with Gasteiger partial charge in [-0.2, -0.15) is 7.82 Å². The Balaban J connectivity index is -0.0000000350. The van der Waals surface area contributed by atoms with Gasteiger partial charge >= 0.3 is 114 Å². The summed E-state index contributed by atoms with van der Waals surface area (Å²) in [6.45, 7) is 0. The standard InChI is InChI=1S/3Ca.H3O4P.3H2O/c;;;1-5(2,3)4;;;/h;;;(H3,1,2,3,4);3*1H2/q3*+2;;;;/p-6. The molecule has 0 saturated heterocycles. The van der Waals surface area contributed by atoms with Crippen LogP contribution in [0, 0.1) is 0 Å². The molecule has 11 heavy (non-hydrogen) atoms. The van der Waals surface area contributed by atoms with Gasteiger partial charge in [-0.25, -0.2) is 0 Å². The zero-order valence-electron chi connectivity index (χ0n) is 5.54. The van der Waals surface area contributed by atoms with E-state index in [-0.39, 0.29) is 0 Å². The Bertz CT molecular complexity index is 59.8. The molecule has 0 spiro atoms. The summed E-state index contributed by atoms with van der Waals surface area (Å²) in [6, 6.07) is 0. The molecule has 11 heteroatoms. The minimum atomic E-state index is -5.39. The second-order valence-electron chi connectivity index (χ2n) is 0.447. The fourth-order valence-corrected chi connectivity index (χ4v) is 0. The average Bonchev–Trinajstić information content (AvgIpc) is 1.96. The Morgan fingerprint density at radius 2 is 0.818 bits per heavy atom. The van der Waals surface area contributed by atoms with Crippen molar-refractivity contribution in [1.82, 2.24) is 0 Å². The van der Waals surface area contributed by atoms with Crippen molar-refractivity contribution in [3.63, 3.8) is 0 Å². The molecule has 56 valence electrons. The molecule has 0 aliphatic heterocycles. The number of rotatable bonds is 0. The van der Waals surface area contributed by atoms with Gasteiger partial charge in [0.25, 0.3) is 0 Å². The third-order valence-corrected chi connectivity index (χ3v) is 0. The van der Waals surface area contributed by atoms with Crippen LogP contribution in [0.25, 0.3) is 0 Å². The molecule has 0 unspecified atom stereocenters.